The molecule has 3 aromatic rings. The highest BCUT2D eigenvalue weighted by Crippen LogP contribution is 2.18. The minimum absolute atomic E-state index is 0.497. The zero-order chi connectivity index (χ0) is 11.5. The standard InChI is InChI=1S/C12H10N4O/c1-2-6-11-10(5-1)15-12(17-11)13-8-9-4-3-7-14-16-9/h1-7H,8H2,(H,13,15). The van der Waals surface area contributed by atoms with Gasteiger partial charge in [0.05, 0.1) is 12.2 Å². The van der Waals surface area contributed by atoms with Gasteiger partial charge in [0.1, 0.15) is 5.52 Å². The summed E-state index contributed by atoms with van der Waals surface area (Å²) in [7, 11) is 0. The van der Waals surface area contributed by atoms with E-state index < -0.39 is 0 Å². The number of nitrogens with zero attached hydrogens (tertiary/aromatic N) is 3. The molecule has 5 heteroatoms. The van der Waals surface area contributed by atoms with E-state index in [1.54, 1.807) is 6.20 Å². The molecule has 0 fully saturated rings. The van der Waals surface area contributed by atoms with Crippen LogP contribution in [-0.2, 0) is 6.54 Å². The molecule has 0 spiro atoms. The fourth-order valence-electron chi connectivity index (χ4n) is 1.54. The number of fused-ring (bicyclic) bond motifs is 1. The van der Waals surface area contributed by atoms with Gasteiger partial charge in [0, 0.05) is 6.20 Å². The van der Waals surface area contributed by atoms with Crippen LogP contribution in [-0.4, -0.2) is 15.2 Å². The Kier molecular flexibility index (Phi) is 2.42. The lowest BCUT2D eigenvalue weighted by molar-refractivity contribution is 0.613. The number of rotatable bonds is 3. The van der Waals surface area contributed by atoms with Crippen molar-refractivity contribution >= 4 is 17.1 Å². The maximum atomic E-state index is 5.52. The number of benzene rings is 1. The van der Waals surface area contributed by atoms with Gasteiger partial charge in [-0.15, -0.1) is 0 Å². The zero-order valence-electron chi connectivity index (χ0n) is 9.00. The SMILES string of the molecule is c1cnnc(CNc2nc3ccccc3o2)c1. The number of para-hydroxylation sites is 2. The van der Waals surface area contributed by atoms with Crippen LogP contribution in [0.25, 0.3) is 11.1 Å². The third kappa shape index (κ3) is 2.08. The predicted octanol–water partition coefficient (Wildman–Crippen LogP) is 2.23. The quantitative estimate of drug-likeness (QED) is 0.741. The second kappa shape index (κ2) is 4.21. The summed E-state index contributed by atoms with van der Waals surface area (Å²) >= 11 is 0. The van der Waals surface area contributed by atoms with Crippen molar-refractivity contribution in [3.8, 4) is 0 Å². The molecule has 17 heavy (non-hydrogen) atoms. The molecule has 0 saturated carbocycles. The topological polar surface area (TPSA) is 63.8 Å². The second-order valence-corrected chi connectivity index (χ2v) is 3.56. The highest BCUT2D eigenvalue weighted by Gasteiger charge is 2.04. The van der Waals surface area contributed by atoms with Crippen LogP contribution in [0.4, 0.5) is 6.01 Å². The van der Waals surface area contributed by atoms with Crippen LogP contribution >= 0.6 is 0 Å². The number of nitrogens with one attached hydrogen (secondary N) is 1. The van der Waals surface area contributed by atoms with E-state index in [4.69, 9.17) is 4.42 Å². The highest BCUT2D eigenvalue weighted by atomic mass is 16.4. The van der Waals surface area contributed by atoms with Crippen molar-refractivity contribution in [2.24, 2.45) is 0 Å². The van der Waals surface area contributed by atoms with Gasteiger partial charge in [0.2, 0.25) is 0 Å². The first-order valence-corrected chi connectivity index (χ1v) is 5.28. The predicted molar refractivity (Wildman–Crippen MR) is 63.4 cm³/mol. The Labute approximate surface area is 97.5 Å². The maximum absolute atomic E-state index is 5.52. The lowest BCUT2D eigenvalue weighted by Crippen LogP contribution is -2.02. The molecular weight excluding hydrogens is 216 g/mol. The molecule has 2 heterocycles. The van der Waals surface area contributed by atoms with Crippen LogP contribution in [0.3, 0.4) is 0 Å². The molecule has 2 aromatic heterocycles. The lowest BCUT2D eigenvalue weighted by atomic mass is 10.3. The maximum Gasteiger partial charge on any atom is 0.296 e. The van der Waals surface area contributed by atoms with Crippen molar-refractivity contribution in [1.29, 1.82) is 0 Å². The Hall–Kier alpha value is -2.43. The van der Waals surface area contributed by atoms with Gasteiger partial charge in [-0.3, -0.25) is 0 Å². The van der Waals surface area contributed by atoms with Crippen molar-refractivity contribution < 1.29 is 4.42 Å². The Morgan fingerprint density at radius 3 is 2.88 bits per heavy atom. The first-order chi connectivity index (χ1) is 8.42. The van der Waals surface area contributed by atoms with Crippen molar-refractivity contribution in [1.82, 2.24) is 15.2 Å². The summed E-state index contributed by atoms with van der Waals surface area (Å²) in [5.41, 5.74) is 2.46. The molecule has 0 aliphatic carbocycles. The van der Waals surface area contributed by atoms with Gasteiger partial charge in [-0.2, -0.15) is 15.2 Å². The highest BCUT2D eigenvalue weighted by molar-refractivity contribution is 5.74. The molecule has 1 aromatic carbocycles. The molecule has 0 saturated heterocycles. The molecule has 0 unspecified atom stereocenters. The average molecular weight is 226 g/mol. The Morgan fingerprint density at radius 1 is 1.12 bits per heavy atom. The van der Waals surface area contributed by atoms with Crippen LogP contribution in [0.5, 0.6) is 0 Å². The molecule has 0 aliphatic rings. The monoisotopic (exact) mass is 226 g/mol. The van der Waals surface area contributed by atoms with Gasteiger partial charge in [-0.1, -0.05) is 12.1 Å². The molecule has 5 nitrogen and oxygen atoms in total. The first-order valence-electron chi connectivity index (χ1n) is 5.28. The molecule has 84 valence electrons. The Morgan fingerprint density at radius 2 is 2.06 bits per heavy atom. The minimum atomic E-state index is 0.497. The fourth-order valence-corrected chi connectivity index (χ4v) is 1.54. The van der Waals surface area contributed by atoms with Crippen LogP contribution in [0, 0.1) is 0 Å². The summed E-state index contributed by atoms with van der Waals surface area (Å²) in [5.74, 6) is 0. The molecule has 3 rings (SSSR count). The third-order valence-electron chi connectivity index (χ3n) is 2.34. The average Bonchev–Trinajstić information content (AvgIpc) is 2.80. The van der Waals surface area contributed by atoms with Gasteiger partial charge in [0.15, 0.2) is 5.58 Å². The fraction of sp³-hybridized carbons (Fsp3) is 0.0833. The molecule has 0 bridgehead atoms. The molecule has 0 aliphatic heterocycles. The summed E-state index contributed by atoms with van der Waals surface area (Å²) in [4.78, 5) is 4.30. The third-order valence-corrected chi connectivity index (χ3v) is 2.34. The van der Waals surface area contributed by atoms with Gasteiger partial charge in [-0.05, 0) is 24.3 Å². The number of aromatic nitrogens is 3. The van der Waals surface area contributed by atoms with Crippen LogP contribution in [0.15, 0.2) is 47.0 Å². The lowest BCUT2D eigenvalue weighted by Gasteiger charge is -1.98. The summed E-state index contributed by atoms with van der Waals surface area (Å²) in [6, 6.07) is 11.9. The molecular formula is C12H10N4O. The van der Waals surface area contributed by atoms with E-state index in [0.717, 1.165) is 16.8 Å². The number of hydrogen-bond acceptors (Lipinski definition) is 5. The normalized spacial score (nSPS) is 10.6. The largest absolute Gasteiger partial charge is 0.424 e. The second-order valence-electron chi connectivity index (χ2n) is 3.56. The molecule has 0 amide bonds. The van der Waals surface area contributed by atoms with Crippen LogP contribution in [0.2, 0.25) is 0 Å². The van der Waals surface area contributed by atoms with E-state index in [2.05, 4.69) is 20.5 Å². The minimum Gasteiger partial charge on any atom is -0.424 e. The van der Waals surface area contributed by atoms with Crippen LogP contribution in [0.1, 0.15) is 5.69 Å². The molecule has 0 radical (unpaired) electrons. The van der Waals surface area contributed by atoms with Gasteiger partial charge >= 0.3 is 0 Å². The van der Waals surface area contributed by atoms with Crippen molar-refractivity contribution in [3.63, 3.8) is 0 Å². The van der Waals surface area contributed by atoms with Crippen molar-refractivity contribution in [3.05, 3.63) is 48.3 Å². The van der Waals surface area contributed by atoms with E-state index in [-0.39, 0.29) is 0 Å². The Bertz CT molecular complexity index is 587. The summed E-state index contributed by atoms with van der Waals surface area (Å²) < 4.78 is 5.52. The van der Waals surface area contributed by atoms with Gasteiger partial charge in [0.25, 0.3) is 6.01 Å². The van der Waals surface area contributed by atoms with Gasteiger partial charge in [-0.25, -0.2) is 0 Å². The smallest absolute Gasteiger partial charge is 0.296 e. The van der Waals surface area contributed by atoms with Gasteiger partial charge < -0.3 is 9.73 Å². The van der Waals surface area contributed by atoms with E-state index in [9.17, 15) is 0 Å². The van der Waals surface area contributed by atoms with E-state index in [1.807, 2.05) is 36.4 Å². The molecule has 0 atom stereocenters. The number of anilines is 1. The van der Waals surface area contributed by atoms with E-state index >= 15 is 0 Å². The summed E-state index contributed by atoms with van der Waals surface area (Å²) in [5, 5.41) is 10.8. The van der Waals surface area contributed by atoms with Crippen LogP contribution < -0.4 is 5.32 Å². The summed E-state index contributed by atoms with van der Waals surface area (Å²) in [6.45, 7) is 0.542. The Balaban J connectivity index is 1.77. The summed E-state index contributed by atoms with van der Waals surface area (Å²) in [6.07, 6.45) is 1.64. The first kappa shape index (κ1) is 9.77. The van der Waals surface area contributed by atoms with E-state index in [0.29, 0.717) is 12.6 Å². The number of oxazole rings is 1. The van der Waals surface area contributed by atoms with Crippen molar-refractivity contribution in [2.75, 3.05) is 5.32 Å². The van der Waals surface area contributed by atoms with Crippen molar-refractivity contribution in [2.45, 2.75) is 6.54 Å². The number of hydrogen-bond donors (Lipinski definition) is 1. The van der Waals surface area contributed by atoms with E-state index in [1.165, 1.54) is 0 Å². The zero-order valence-corrected chi connectivity index (χ0v) is 9.00. The molecule has 1 N–H and O–H groups in total.